The third-order valence-electron chi connectivity index (χ3n) is 1.72. The van der Waals surface area contributed by atoms with E-state index in [-0.39, 0.29) is 11.1 Å². The van der Waals surface area contributed by atoms with Gasteiger partial charge < -0.3 is 5.41 Å². The molecule has 1 rings (SSSR count). The minimum Gasteiger partial charge on any atom is -0.762 e. The second-order valence-corrected chi connectivity index (χ2v) is 2.67. The molecule has 0 aromatic heterocycles. The summed E-state index contributed by atoms with van der Waals surface area (Å²) in [7, 11) is 0. The Morgan fingerprint density at radius 2 is 1.73 bits per heavy atom. The lowest BCUT2D eigenvalue weighted by molar-refractivity contribution is -0.137. The van der Waals surface area contributed by atoms with Gasteiger partial charge in [-0.15, -0.1) is 0 Å². The Kier molecular flexibility index (Phi) is 2.93. The van der Waals surface area contributed by atoms with Gasteiger partial charge in [-0.3, -0.25) is 0 Å². The zero-order chi connectivity index (χ0) is 11.5. The number of hydrogen-bond acceptors (Lipinski definition) is 1. The summed E-state index contributed by atoms with van der Waals surface area (Å²) in [5.74, 6) is 1.60. The van der Waals surface area contributed by atoms with Gasteiger partial charge in [0.15, 0.2) is 0 Å². The summed E-state index contributed by atoms with van der Waals surface area (Å²) in [6, 6.07) is 5.48. The van der Waals surface area contributed by atoms with Crippen LogP contribution in [0.25, 0.3) is 11.0 Å². The fourth-order valence-corrected chi connectivity index (χ4v) is 0.980. The molecule has 0 saturated heterocycles. The van der Waals surface area contributed by atoms with Gasteiger partial charge in [-0.1, -0.05) is 12.1 Å². The molecule has 76 valence electrons. The van der Waals surface area contributed by atoms with Crippen LogP contribution in [0.15, 0.2) is 24.3 Å². The van der Waals surface area contributed by atoms with Crippen LogP contribution >= 0.6 is 0 Å². The summed E-state index contributed by atoms with van der Waals surface area (Å²) in [4.78, 5) is 0. The normalized spacial score (nSPS) is 10.3. The number of nitriles is 1. The third-order valence-corrected chi connectivity index (χ3v) is 1.72. The first-order valence-electron chi connectivity index (χ1n) is 3.84. The first-order valence-corrected chi connectivity index (χ1v) is 3.84. The SMILES string of the molecule is N#CC(=C=[N-])c1ccc(C(F)(F)F)cc1. The molecule has 0 unspecified atom stereocenters. The predicted molar refractivity (Wildman–Crippen MR) is 48.8 cm³/mol. The maximum absolute atomic E-state index is 12.1. The Labute approximate surface area is 83.8 Å². The molecule has 2 nitrogen and oxygen atoms in total. The van der Waals surface area contributed by atoms with Gasteiger partial charge in [0.2, 0.25) is 0 Å². The van der Waals surface area contributed by atoms with Gasteiger partial charge in [0.1, 0.15) is 6.07 Å². The van der Waals surface area contributed by atoms with Crippen molar-refractivity contribution in [2.45, 2.75) is 6.18 Å². The van der Waals surface area contributed by atoms with Crippen molar-refractivity contribution in [2.24, 2.45) is 0 Å². The third kappa shape index (κ3) is 2.46. The highest BCUT2D eigenvalue weighted by molar-refractivity contribution is 5.98. The van der Waals surface area contributed by atoms with Crippen LogP contribution in [-0.4, -0.2) is 5.87 Å². The standard InChI is InChI=1S/C10H4F3N2/c11-10(12,13)9-3-1-7(2-4-9)8(5-14)6-15/h1-4H/q-1. The van der Waals surface area contributed by atoms with E-state index in [0.717, 1.165) is 24.3 Å². The van der Waals surface area contributed by atoms with Crippen molar-refractivity contribution in [2.75, 3.05) is 0 Å². The number of rotatable bonds is 1. The van der Waals surface area contributed by atoms with Gasteiger partial charge in [-0.05, 0) is 17.7 Å². The second kappa shape index (κ2) is 3.99. The van der Waals surface area contributed by atoms with E-state index in [1.165, 1.54) is 0 Å². The number of alkyl halides is 3. The van der Waals surface area contributed by atoms with Crippen LogP contribution < -0.4 is 0 Å². The van der Waals surface area contributed by atoms with Gasteiger partial charge in [0.05, 0.1) is 11.1 Å². The minimum absolute atomic E-state index is 0.188. The van der Waals surface area contributed by atoms with Gasteiger partial charge in [-0.2, -0.15) is 18.4 Å². The largest absolute Gasteiger partial charge is 0.762 e. The molecule has 0 amide bonds. The maximum Gasteiger partial charge on any atom is 0.416 e. The molecule has 15 heavy (non-hydrogen) atoms. The molecule has 0 heterocycles. The highest BCUT2D eigenvalue weighted by atomic mass is 19.4. The molecule has 1 aromatic rings. The average Bonchev–Trinajstić information content (AvgIpc) is 2.19. The van der Waals surface area contributed by atoms with E-state index in [4.69, 9.17) is 10.7 Å². The molecule has 0 spiro atoms. The van der Waals surface area contributed by atoms with Gasteiger partial charge in [0.25, 0.3) is 0 Å². The molecule has 0 saturated carbocycles. The Balaban J connectivity index is 3.12. The van der Waals surface area contributed by atoms with Crippen molar-refractivity contribution in [3.05, 3.63) is 40.8 Å². The minimum atomic E-state index is -4.40. The van der Waals surface area contributed by atoms with E-state index >= 15 is 0 Å². The smallest absolute Gasteiger partial charge is 0.416 e. The van der Waals surface area contributed by atoms with Gasteiger partial charge >= 0.3 is 6.18 Å². The number of nitrogens with zero attached hydrogens (tertiary/aromatic N) is 2. The zero-order valence-electron chi connectivity index (χ0n) is 7.34. The monoisotopic (exact) mass is 209 g/mol. The number of allylic oxidation sites excluding steroid dienone is 1. The van der Waals surface area contributed by atoms with Crippen molar-refractivity contribution in [3.63, 3.8) is 0 Å². The molecule has 0 aliphatic rings. The lowest BCUT2D eigenvalue weighted by atomic mass is 10.1. The molecule has 0 atom stereocenters. The maximum atomic E-state index is 12.1. The molecule has 0 bridgehead atoms. The van der Waals surface area contributed by atoms with Crippen molar-refractivity contribution in [3.8, 4) is 6.07 Å². The first-order chi connectivity index (χ1) is 6.99. The molecule has 5 heteroatoms. The second-order valence-electron chi connectivity index (χ2n) is 2.67. The van der Waals surface area contributed by atoms with Crippen LogP contribution in [0.2, 0.25) is 0 Å². The average molecular weight is 209 g/mol. The quantitative estimate of drug-likeness (QED) is 0.518. The molecule has 0 radical (unpaired) electrons. The van der Waals surface area contributed by atoms with E-state index in [0.29, 0.717) is 0 Å². The highest BCUT2D eigenvalue weighted by Crippen LogP contribution is 2.29. The Morgan fingerprint density at radius 1 is 1.20 bits per heavy atom. The molecule has 0 aliphatic carbocycles. The number of hydrogen-bond donors (Lipinski definition) is 0. The number of halogens is 3. The Bertz CT molecular complexity index is 445. The lowest BCUT2D eigenvalue weighted by Crippen LogP contribution is -2.04. The molecule has 0 N–H and O–H groups in total. The van der Waals surface area contributed by atoms with Crippen LogP contribution in [0.5, 0.6) is 0 Å². The number of benzene rings is 1. The van der Waals surface area contributed by atoms with Crippen molar-refractivity contribution >= 4 is 11.4 Å². The molecular weight excluding hydrogens is 205 g/mol. The topological polar surface area (TPSA) is 46.1 Å². The fraction of sp³-hybridized carbons (Fsp3) is 0.100. The predicted octanol–water partition coefficient (Wildman–Crippen LogP) is 2.85. The van der Waals surface area contributed by atoms with E-state index in [2.05, 4.69) is 0 Å². The van der Waals surface area contributed by atoms with Crippen LogP contribution in [0.4, 0.5) is 13.2 Å². The van der Waals surface area contributed by atoms with Gasteiger partial charge in [-0.25, -0.2) is 5.87 Å². The summed E-state index contributed by atoms with van der Waals surface area (Å²) in [6.45, 7) is 0. The Morgan fingerprint density at radius 3 is 2.07 bits per heavy atom. The molecule has 0 fully saturated rings. The van der Waals surface area contributed by atoms with Crippen molar-refractivity contribution in [1.82, 2.24) is 0 Å². The molecule has 0 aliphatic heterocycles. The van der Waals surface area contributed by atoms with Crippen LogP contribution in [-0.2, 0) is 6.18 Å². The van der Waals surface area contributed by atoms with E-state index in [1.807, 2.05) is 0 Å². The summed E-state index contributed by atoms with van der Waals surface area (Å²) >= 11 is 0. The van der Waals surface area contributed by atoms with E-state index < -0.39 is 11.7 Å². The van der Waals surface area contributed by atoms with Crippen molar-refractivity contribution < 1.29 is 13.2 Å². The van der Waals surface area contributed by atoms with Crippen LogP contribution in [0.3, 0.4) is 0 Å². The zero-order valence-corrected chi connectivity index (χ0v) is 7.34. The Hall–Kier alpha value is -2.05. The summed E-state index contributed by atoms with van der Waals surface area (Å²) in [5, 5.41) is 17.0. The van der Waals surface area contributed by atoms with E-state index in [1.54, 1.807) is 11.9 Å². The van der Waals surface area contributed by atoms with Crippen LogP contribution in [0.1, 0.15) is 11.1 Å². The molecule has 1 aromatic carbocycles. The summed E-state index contributed by atoms with van der Waals surface area (Å²) in [5.41, 5.74) is -0.821. The highest BCUT2D eigenvalue weighted by Gasteiger charge is 2.29. The van der Waals surface area contributed by atoms with Crippen LogP contribution in [0, 0.1) is 11.3 Å². The summed E-state index contributed by atoms with van der Waals surface area (Å²) < 4.78 is 36.4. The summed E-state index contributed by atoms with van der Waals surface area (Å²) in [6.07, 6.45) is -4.40. The van der Waals surface area contributed by atoms with Gasteiger partial charge in [0, 0.05) is 0 Å². The fourth-order valence-electron chi connectivity index (χ4n) is 0.980. The van der Waals surface area contributed by atoms with Crippen molar-refractivity contribution in [1.29, 1.82) is 5.26 Å². The van der Waals surface area contributed by atoms with E-state index in [9.17, 15) is 13.2 Å². The first kappa shape index (κ1) is 11.0. The lowest BCUT2D eigenvalue weighted by Gasteiger charge is -2.06. The molecular formula is C10H4F3N2-.